The smallest absolute Gasteiger partial charge is 0.242 e. The molecule has 0 radical (unpaired) electrons. The van der Waals surface area contributed by atoms with Crippen LogP contribution in [0.3, 0.4) is 0 Å². The van der Waals surface area contributed by atoms with Gasteiger partial charge in [-0.15, -0.1) is 0 Å². The Kier molecular flexibility index (Phi) is 12.4. The van der Waals surface area contributed by atoms with Crippen molar-refractivity contribution in [3.8, 4) is 0 Å². The van der Waals surface area contributed by atoms with Crippen LogP contribution in [0.25, 0.3) is 0 Å². The lowest BCUT2D eigenvalue weighted by molar-refractivity contribution is -0.141. The number of nitrogens with two attached hydrogens (primary N) is 1. The van der Waals surface area contributed by atoms with Crippen molar-refractivity contribution in [3.63, 3.8) is 0 Å². The summed E-state index contributed by atoms with van der Waals surface area (Å²) in [6.07, 6.45) is 4.81. The lowest BCUT2D eigenvalue weighted by atomic mass is 10.1. The van der Waals surface area contributed by atoms with Gasteiger partial charge in [0.25, 0.3) is 0 Å². The van der Waals surface area contributed by atoms with E-state index in [-0.39, 0.29) is 50.2 Å². The molecule has 40 heavy (non-hydrogen) atoms. The first-order valence-corrected chi connectivity index (χ1v) is 13.9. The van der Waals surface area contributed by atoms with Crippen LogP contribution in [0.5, 0.6) is 0 Å². The molecule has 0 aliphatic heterocycles. The molecule has 0 saturated carbocycles. The average molecular weight is 588 g/mol. The third-order valence-corrected chi connectivity index (χ3v) is 7.01. The van der Waals surface area contributed by atoms with E-state index in [1.807, 2.05) is 18.2 Å². The molecular weight excluding hydrogens is 554 g/mol. The molecule has 0 aliphatic rings. The number of nitrogens with zero attached hydrogens (tertiary/aromatic N) is 3. The Hall–Kier alpha value is -3.49. The number of aryl methyl sites for hydroxylation is 1. The minimum Gasteiger partial charge on any atom is -0.368 e. The molecular formula is C30H33Cl2FN4O3. The molecule has 7 nitrogen and oxygen atoms in total. The van der Waals surface area contributed by atoms with Gasteiger partial charge in [-0.25, -0.2) is 4.39 Å². The maximum absolute atomic E-state index is 13.3. The standard InChI is InChI=1S/C30H33Cl2FN4O3/c31-24-11-10-23(27(32)19-24)5-1-2-7-29(39)37(17-14-22-8-12-25(33)13-9-22)21-30(40)36(20-28(34)38)18-15-26-6-3-4-16-35-26/h3-4,6,8-13,16,19H,1-2,5,7,14-15,17-18,20-21H2,(H2,34,38). The van der Waals surface area contributed by atoms with Crippen LogP contribution in [0.1, 0.15) is 36.1 Å². The first kappa shape index (κ1) is 31.0. The summed E-state index contributed by atoms with van der Waals surface area (Å²) in [6, 6.07) is 16.9. The second-order valence-electron chi connectivity index (χ2n) is 9.49. The summed E-state index contributed by atoms with van der Waals surface area (Å²) in [5.74, 6) is -1.54. The highest BCUT2D eigenvalue weighted by molar-refractivity contribution is 6.35. The van der Waals surface area contributed by atoms with Crippen molar-refractivity contribution >= 4 is 40.9 Å². The summed E-state index contributed by atoms with van der Waals surface area (Å²) in [4.78, 5) is 45.3. The van der Waals surface area contributed by atoms with Gasteiger partial charge >= 0.3 is 0 Å². The van der Waals surface area contributed by atoms with E-state index in [1.54, 1.807) is 36.5 Å². The maximum atomic E-state index is 13.3. The second kappa shape index (κ2) is 15.9. The Morgan fingerprint density at radius 1 is 0.825 bits per heavy atom. The molecule has 0 atom stereocenters. The number of unbranched alkanes of at least 4 members (excludes halogenated alkanes) is 1. The fourth-order valence-corrected chi connectivity index (χ4v) is 4.72. The summed E-state index contributed by atoms with van der Waals surface area (Å²) in [7, 11) is 0. The molecule has 0 saturated heterocycles. The molecule has 3 amide bonds. The van der Waals surface area contributed by atoms with Gasteiger partial charge in [0.05, 0.1) is 13.1 Å². The van der Waals surface area contributed by atoms with Crippen molar-refractivity contribution in [1.29, 1.82) is 0 Å². The number of halogens is 3. The predicted octanol–water partition coefficient (Wildman–Crippen LogP) is 4.87. The van der Waals surface area contributed by atoms with Crippen molar-refractivity contribution in [2.75, 3.05) is 26.2 Å². The molecule has 0 fully saturated rings. The lowest BCUT2D eigenvalue weighted by Crippen LogP contribution is -2.47. The molecule has 3 aromatic rings. The topological polar surface area (TPSA) is 96.6 Å². The average Bonchev–Trinajstić information content (AvgIpc) is 2.93. The minimum atomic E-state index is -0.639. The van der Waals surface area contributed by atoms with Crippen molar-refractivity contribution in [2.24, 2.45) is 5.73 Å². The largest absolute Gasteiger partial charge is 0.368 e. The van der Waals surface area contributed by atoms with Crippen LogP contribution in [-0.4, -0.2) is 58.7 Å². The SMILES string of the molecule is NC(=O)CN(CCc1ccccn1)C(=O)CN(CCc1ccc(F)cc1)C(=O)CCCCc1ccc(Cl)cc1Cl. The highest BCUT2D eigenvalue weighted by atomic mass is 35.5. The Labute approximate surface area is 244 Å². The normalized spacial score (nSPS) is 10.8. The number of hydrogen-bond acceptors (Lipinski definition) is 4. The highest BCUT2D eigenvalue weighted by Crippen LogP contribution is 2.22. The van der Waals surface area contributed by atoms with Gasteiger partial charge in [0.15, 0.2) is 0 Å². The van der Waals surface area contributed by atoms with Crippen LogP contribution in [0.4, 0.5) is 4.39 Å². The first-order chi connectivity index (χ1) is 19.2. The number of rotatable bonds is 15. The molecule has 3 rings (SSSR count). The molecule has 2 N–H and O–H groups in total. The summed E-state index contributed by atoms with van der Waals surface area (Å²) in [5, 5.41) is 1.15. The van der Waals surface area contributed by atoms with Crippen LogP contribution in [0, 0.1) is 5.82 Å². The zero-order valence-corrected chi connectivity index (χ0v) is 23.7. The van der Waals surface area contributed by atoms with Crippen molar-refractivity contribution < 1.29 is 18.8 Å². The van der Waals surface area contributed by atoms with Gasteiger partial charge < -0.3 is 15.5 Å². The van der Waals surface area contributed by atoms with E-state index < -0.39 is 5.91 Å². The van der Waals surface area contributed by atoms with Crippen molar-refractivity contribution in [1.82, 2.24) is 14.8 Å². The Bertz CT molecular complexity index is 1280. The Morgan fingerprint density at radius 3 is 2.23 bits per heavy atom. The number of primary amides is 1. The maximum Gasteiger partial charge on any atom is 0.242 e. The number of amides is 3. The molecule has 10 heteroatoms. The van der Waals surface area contributed by atoms with Crippen LogP contribution >= 0.6 is 23.2 Å². The summed E-state index contributed by atoms with van der Waals surface area (Å²) in [6.45, 7) is 0.0521. The van der Waals surface area contributed by atoms with Crippen LogP contribution in [0.2, 0.25) is 10.0 Å². The van der Waals surface area contributed by atoms with Gasteiger partial charge in [-0.2, -0.15) is 0 Å². The van der Waals surface area contributed by atoms with E-state index in [0.717, 1.165) is 23.2 Å². The van der Waals surface area contributed by atoms with E-state index >= 15 is 0 Å². The van der Waals surface area contributed by atoms with Crippen molar-refractivity contribution in [3.05, 3.63) is 99.5 Å². The van der Waals surface area contributed by atoms with E-state index in [4.69, 9.17) is 28.9 Å². The van der Waals surface area contributed by atoms with Gasteiger partial charge in [-0.05, 0) is 73.2 Å². The third-order valence-electron chi connectivity index (χ3n) is 6.43. The second-order valence-corrected chi connectivity index (χ2v) is 10.3. The number of hydrogen-bond donors (Lipinski definition) is 1. The highest BCUT2D eigenvalue weighted by Gasteiger charge is 2.22. The van der Waals surface area contributed by atoms with Gasteiger partial charge in [0.2, 0.25) is 17.7 Å². The van der Waals surface area contributed by atoms with Gasteiger partial charge in [0, 0.05) is 47.9 Å². The summed E-state index contributed by atoms with van der Waals surface area (Å²) >= 11 is 12.2. The van der Waals surface area contributed by atoms with Gasteiger partial charge in [-0.3, -0.25) is 19.4 Å². The van der Waals surface area contributed by atoms with Crippen LogP contribution in [-0.2, 0) is 33.6 Å². The number of aromatic nitrogens is 1. The molecule has 1 heterocycles. The van der Waals surface area contributed by atoms with Crippen LogP contribution < -0.4 is 5.73 Å². The number of carbonyl (C=O) groups excluding carboxylic acids is 3. The molecule has 0 unspecified atom stereocenters. The molecule has 0 bridgehead atoms. The van der Waals surface area contributed by atoms with Crippen molar-refractivity contribution in [2.45, 2.75) is 38.5 Å². The van der Waals surface area contributed by atoms with Gasteiger partial charge in [0.1, 0.15) is 5.82 Å². The summed E-state index contributed by atoms with van der Waals surface area (Å²) in [5.41, 5.74) is 7.98. The molecule has 0 aliphatic carbocycles. The van der Waals surface area contributed by atoms with E-state index in [0.29, 0.717) is 35.7 Å². The van der Waals surface area contributed by atoms with E-state index in [9.17, 15) is 18.8 Å². The zero-order valence-electron chi connectivity index (χ0n) is 22.2. The first-order valence-electron chi connectivity index (χ1n) is 13.1. The summed E-state index contributed by atoms with van der Waals surface area (Å²) < 4.78 is 13.3. The number of carbonyl (C=O) groups is 3. The van der Waals surface area contributed by atoms with E-state index in [2.05, 4.69) is 4.98 Å². The Balaban J connectivity index is 1.63. The quantitative estimate of drug-likeness (QED) is 0.257. The van der Waals surface area contributed by atoms with E-state index in [1.165, 1.54) is 21.9 Å². The number of pyridine rings is 1. The fourth-order valence-electron chi connectivity index (χ4n) is 4.22. The minimum absolute atomic E-state index is 0.179. The molecule has 0 spiro atoms. The third kappa shape index (κ3) is 10.6. The zero-order chi connectivity index (χ0) is 28.9. The number of benzene rings is 2. The van der Waals surface area contributed by atoms with Crippen LogP contribution in [0.15, 0.2) is 66.9 Å². The molecule has 2 aromatic carbocycles. The lowest BCUT2D eigenvalue weighted by Gasteiger charge is -2.27. The monoisotopic (exact) mass is 586 g/mol. The molecule has 212 valence electrons. The Morgan fingerprint density at radius 2 is 1.55 bits per heavy atom. The fraction of sp³-hybridized carbons (Fsp3) is 0.333. The van der Waals surface area contributed by atoms with Gasteiger partial charge in [-0.1, -0.05) is 47.5 Å². The predicted molar refractivity (Wildman–Crippen MR) is 154 cm³/mol. The molecule has 1 aromatic heterocycles.